The van der Waals surface area contributed by atoms with Gasteiger partial charge in [-0.05, 0) is 43.2 Å². The van der Waals surface area contributed by atoms with Gasteiger partial charge in [-0.25, -0.2) is 0 Å². The van der Waals surface area contributed by atoms with Crippen molar-refractivity contribution in [2.45, 2.75) is 13.8 Å². The summed E-state index contributed by atoms with van der Waals surface area (Å²) in [7, 11) is 2.13. The predicted molar refractivity (Wildman–Crippen MR) is 88.9 cm³/mol. The number of aryl methyl sites for hydroxylation is 1. The highest BCUT2D eigenvalue weighted by Gasteiger charge is 2.08. The monoisotopic (exact) mass is 261 g/mol. The van der Waals surface area contributed by atoms with Crippen molar-refractivity contribution in [1.29, 1.82) is 0 Å². The highest BCUT2D eigenvalue weighted by atomic mass is 14.9. The zero-order valence-corrected chi connectivity index (χ0v) is 12.2. The number of hydrogen-bond donors (Lipinski definition) is 0. The summed E-state index contributed by atoms with van der Waals surface area (Å²) < 4.78 is 2.26. The maximum absolute atomic E-state index is 2.30. The Morgan fingerprint density at radius 2 is 1.75 bits per heavy atom. The van der Waals surface area contributed by atoms with Crippen LogP contribution < -0.4 is 0 Å². The Kier molecular flexibility index (Phi) is 3.19. The molecule has 100 valence electrons. The van der Waals surface area contributed by atoms with Crippen LogP contribution in [0, 0.1) is 0 Å². The summed E-state index contributed by atoms with van der Waals surface area (Å²) in [6.07, 6.45) is 6.30. The lowest BCUT2D eigenvalue weighted by molar-refractivity contribution is 1.01. The van der Waals surface area contributed by atoms with E-state index in [1.165, 1.54) is 32.9 Å². The normalized spacial score (nSPS) is 12.8. The van der Waals surface area contributed by atoms with Gasteiger partial charge in [0.2, 0.25) is 0 Å². The van der Waals surface area contributed by atoms with Gasteiger partial charge in [0.15, 0.2) is 0 Å². The molecule has 3 rings (SSSR count). The molecule has 1 heteroatoms. The van der Waals surface area contributed by atoms with Crippen molar-refractivity contribution < 1.29 is 0 Å². The SMILES string of the molecule is C/C=C\C=C(/C)c1ccc2c(c1)c1ccccc1n2C. The Morgan fingerprint density at radius 3 is 2.55 bits per heavy atom. The summed E-state index contributed by atoms with van der Waals surface area (Å²) in [5.74, 6) is 0. The Labute approximate surface area is 119 Å². The molecule has 20 heavy (non-hydrogen) atoms. The number of allylic oxidation sites excluding steroid dienone is 4. The lowest BCUT2D eigenvalue weighted by Crippen LogP contribution is -1.86. The maximum Gasteiger partial charge on any atom is 0.0489 e. The van der Waals surface area contributed by atoms with Crippen molar-refractivity contribution in [2.24, 2.45) is 7.05 Å². The summed E-state index contributed by atoms with van der Waals surface area (Å²) >= 11 is 0. The summed E-state index contributed by atoms with van der Waals surface area (Å²) in [5, 5.41) is 2.65. The van der Waals surface area contributed by atoms with Gasteiger partial charge in [0.1, 0.15) is 0 Å². The number of para-hydroxylation sites is 1. The van der Waals surface area contributed by atoms with Crippen molar-refractivity contribution >= 4 is 27.4 Å². The molecule has 0 atom stereocenters. The van der Waals surface area contributed by atoms with Crippen molar-refractivity contribution in [3.63, 3.8) is 0 Å². The molecule has 0 bridgehead atoms. The fourth-order valence-corrected chi connectivity index (χ4v) is 2.75. The van der Waals surface area contributed by atoms with Crippen LogP contribution in [0.2, 0.25) is 0 Å². The van der Waals surface area contributed by atoms with Gasteiger partial charge < -0.3 is 4.57 Å². The zero-order valence-electron chi connectivity index (χ0n) is 12.2. The van der Waals surface area contributed by atoms with Gasteiger partial charge in [-0.2, -0.15) is 0 Å². The van der Waals surface area contributed by atoms with Gasteiger partial charge in [-0.15, -0.1) is 0 Å². The van der Waals surface area contributed by atoms with Crippen molar-refractivity contribution in [1.82, 2.24) is 4.57 Å². The van der Waals surface area contributed by atoms with Gasteiger partial charge in [0, 0.05) is 28.9 Å². The number of benzene rings is 2. The van der Waals surface area contributed by atoms with Crippen LogP contribution in [0.5, 0.6) is 0 Å². The smallest absolute Gasteiger partial charge is 0.0489 e. The van der Waals surface area contributed by atoms with Crippen LogP contribution in [-0.4, -0.2) is 4.57 Å². The fourth-order valence-electron chi connectivity index (χ4n) is 2.75. The van der Waals surface area contributed by atoms with Gasteiger partial charge >= 0.3 is 0 Å². The molecule has 1 heterocycles. The standard InChI is InChI=1S/C19H19N/c1-4-5-8-14(2)15-11-12-19-17(13-15)16-9-6-7-10-18(16)20(19)3/h4-13H,1-3H3/b5-4-,14-8+. The van der Waals surface area contributed by atoms with Crippen LogP contribution in [-0.2, 0) is 7.05 Å². The van der Waals surface area contributed by atoms with Gasteiger partial charge in [-0.3, -0.25) is 0 Å². The van der Waals surface area contributed by atoms with Crippen LogP contribution in [0.1, 0.15) is 19.4 Å². The summed E-state index contributed by atoms with van der Waals surface area (Å²) in [4.78, 5) is 0. The minimum atomic E-state index is 1.28. The van der Waals surface area contributed by atoms with Crippen molar-refractivity contribution in [2.75, 3.05) is 0 Å². The molecule has 0 N–H and O–H groups in total. The third-order valence-corrected chi connectivity index (χ3v) is 3.91. The van der Waals surface area contributed by atoms with Crippen molar-refractivity contribution in [3.8, 4) is 0 Å². The molecule has 0 unspecified atom stereocenters. The summed E-state index contributed by atoms with van der Waals surface area (Å²) in [6, 6.07) is 15.3. The number of hydrogen-bond acceptors (Lipinski definition) is 0. The summed E-state index contributed by atoms with van der Waals surface area (Å²) in [6.45, 7) is 4.20. The molecule has 1 nitrogen and oxygen atoms in total. The molecule has 0 radical (unpaired) electrons. The van der Waals surface area contributed by atoms with E-state index in [0.717, 1.165) is 0 Å². The second kappa shape index (κ2) is 5.01. The summed E-state index contributed by atoms with van der Waals surface area (Å²) in [5.41, 5.74) is 5.15. The van der Waals surface area contributed by atoms with Crippen molar-refractivity contribution in [3.05, 3.63) is 66.3 Å². The first-order valence-corrected chi connectivity index (χ1v) is 6.99. The molecule has 0 aliphatic carbocycles. The highest BCUT2D eigenvalue weighted by molar-refractivity contribution is 6.08. The Balaban J connectivity index is 2.28. The molecular formula is C19H19N. The average molecular weight is 261 g/mol. The van der Waals surface area contributed by atoms with E-state index in [9.17, 15) is 0 Å². The molecule has 0 amide bonds. The van der Waals surface area contributed by atoms with Gasteiger partial charge in [-0.1, -0.05) is 42.5 Å². The van der Waals surface area contributed by atoms with Crippen LogP contribution in [0.25, 0.3) is 27.4 Å². The van der Waals surface area contributed by atoms with E-state index in [1.54, 1.807) is 0 Å². The molecule has 0 spiro atoms. The third-order valence-electron chi connectivity index (χ3n) is 3.91. The molecule has 3 aromatic rings. The first-order chi connectivity index (χ1) is 9.72. The van der Waals surface area contributed by atoms with Crippen LogP contribution >= 0.6 is 0 Å². The fraction of sp³-hybridized carbons (Fsp3) is 0.158. The first-order valence-electron chi connectivity index (χ1n) is 6.99. The lowest BCUT2D eigenvalue weighted by atomic mass is 10.0. The van der Waals surface area contributed by atoms with Crippen LogP contribution in [0.4, 0.5) is 0 Å². The molecule has 1 aromatic heterocycles. The largest absolute Gasteiger partial charge is 0.344 e. The minimum Gasteiger partial charge on any atom is -0.344 e. The van der Waals surface area contributed by atoms with E-state index in [0.29, 0.717) is 0 Å². The Bertz CT molecular complexity index is 831. The number of aromatic nitrogens is 1. The number of fused-ring (bicyclic) bond motifs is 3. The topological polar surface area (TPSA) is 4.93 Å². The highest BCUT2D eigenvalue weighted by Crippen LogP contribution is 2.30. The molecule has 0 saturated heterocycles. The minimum absolute atomic E-state index is 1.28. The molecule has 0 aliphatic rings. The number of nitrogens with zero attached hydrogens (tertiary/aromatic N) is 1. The maximum atomic E-state index is 2.30. The number of rotatable bonds is 2. The second-order valence-electron chi connectivity index (χ2n) is 5.18. The zero-order chi connectivity index (χ0) is 14.1. The first kappa shape index (κ1) is 12.7. The molecule has 0 fully saturated rings. The molecule has 2 aromatic carbocycles. The second-order valence-corrected chi connectivity index (χ2v) is 5.18. The predicted octanol–water partition coefficient (Wildman–Crippen LogP) is 5.31. The van der Waals surface area contributed by atoms with E-state index >= 15 is 0 Å². The Morgan fingerprint density at radius 1 is 1.00 bits per heavy atom. The Hall–Kier alpha value is -2.28. The third kappa shape index (κ3) is 1.96. The quantitative estimate of drug-likeness (QED) is 0.551. The van der Waals surface area contributed by atoms with Gasteiger partial charge in [0.05, 0.1) is 0 Å². The van der Waals surface area contributed by atoms with E-state index in [2.05, 4.69) is 79.2 Å². The van der Waals surface area contributed by atoms with E-state index < -0.39 is 0 Å². The van der Waals surface area contributed by atoms with Gasteiger partial charge in [0.25, 0.3) is 0 Å². The van der Waals surface area contributed by atoms with Crippen LogP contribution in [0.15, 0.2) is 60.7 Å². The van der Waals surface area contributed by atoms with E-state index in [4.69, 9.17) is 0 Å². The molecule has 0 aliphatic heterocycles. The lowest BCUT2D eigenvalue weighted by Gasteiger charge is -2.02. The molecular weight excluding hydrogens is 242 g/mol. The van der Waals surface area contributed by atoms with E-state index in [-0.39, 0.29) is 0 Å². The average Bonchev–Trinajstić information content (AvgIpc) is 2.78. The van der Waals surface area contributed by atoms with E-state index in [1.807, 2.05) is 6.92 Å². The van der Waals surface area contributed by atoms with Crippen LogP contribution in [0.3, 0.4) is 0 Å². The molecule has 0 saturated carbocycles.